The Labute approximate surface area is 115 Å². The van der Waals surface area contributed by atoms with Crippen molar-refractivity contribution in [3.05, 3.63) is 35.3 Å². The summed E-state index contributed by atoms with van der Waals surface area (Å²) in [4.78, 5) is 0.832. The minimum Gasteiger partial charge on any atom is -0.328 e. The summed E-state index contributed by atoms with van der Waals surface area (Å²) in [6.45, 7) is 2.01. The van der Waals surface area contributed by atoms with Gasteiger partial charge < -0.3 is 5.73 Å². The van der Waals surface area contributed by atoms with E-state index in [1.54, 1.807) is 11.3 Å². The lowest BCUT2D eigenvalue weighted by Gasteiger charge is -2.00. The van der Waals surface area contributed by atoms with Crippen molar-refractivity contribution in [2.45, 2.75) is 25.8 Å². The molecule has 2 N–H and O–H groups in total. The molecule has 5 nitrogen and oxygen atoms in total. The van der Waals surface area contributed by atoms with Gasteiger partial charge in [-0.1, -0.05) is 41.7 Å². The molecule has 6 heteroatoms. The van der Waals surface area contributed by atoms with Crippen LogP contribution in [0.5, 0.6) is 0 Å². The summed E-state index contributed by atoms with van der Waals surface area (Å²) in [6.07, 6.45) is 1.82. The molecule has 98 valence electrons. The second-order valence-electron chi connectivity index (χ2n) is 4.60. The lowest BCUT2D eigenvalue weighted by Crippen LogP contribution is -2.15. The van der Waals surface area contributed by atoms with Gasteiger partial charge in [0.25, 0.3) is 0 Å². The zero-order chi connectivity index (χ0) is 13.2. The first kappa shape index (κ1) is 12.3. The largest absolute Gasteiger partial charge is 0.328 e. The third-order valence-electron chi connectivity index (χ3n) is 2.88. The molecule has 0 amide bonds. The molecule has 0 bridgehead atoms. The number of rotatable bonds is 4. The van der Waals surface area contributed by atoms with Crippen molar-refractivity contribution in [1.29, 1.82) is 0 Å². The highest BCUT2D eigenvalue weighted by Gasteiger charge is 2.13. The molecule has 2 aromatic heterocycles. The minimum absolute atomic E-state index is 0.197. The smallest absolute Gasteiger partial charge is 0.234 e. The summed E-state index contributed by atoms with van der Waals surface area (Å²) in [5, 5.41) is 14.0. The maximum atomic E-state index is 5.77. The van der Waals surface area contributed by atoms with Crippen molar-refractivity contribution in [3.8, 4) is 11.4 Å². The minimum atomic E-state index is 0.197. The number of nitrogens with two attached hydrogens (primary N) is 1. The van der Waals surface area contributed by atoms with E-state index in [-0.39, 0.29) is 6.04 Å². The van der Waals surface area contributed by atoms with Crippen molar-refractivity contribution >= 4 is 16.3 Å². The first-order chi connectivity index (χ1) is 9.24. The van der Waals surface area contributed by atoms with Gasteiger partial charge in [0.15, 0.2) is 5.82 Å². The van der Waals surface area contributed by atoms with Crippen LogP contribution in [0.2, 0.25) is 0 Å². The van der Waals surface area contributed by atoms with E-state index in [0.29, 0.717) is 0 Å². The summed E-state index contributed by atoms with van der Waals surface area (Å²) in [5.74, 6) is 0.791. The van der Waals surface area contributed by atoms with Crippen LogP contribution < -0.4 is 5.73 Å². The van der Waals surface area contributed by atoms with Gasteiger partial charge in [0.05, 0.1) is 0 Å². The average molecular weight is 273 g/mol. The number of hydrogen-bond acceptors (Lipinski definition) is 5. The maximum absolute atomic E-state index is 5.77. The van der Waals surface area contributed by atoms with Crippen LogP contribution >= 0.6 is 11.3 Å². The lowest BCUT2D eigenvalue weighted by molar-refractivity contribution is 0.659. The molecule has 2 heterocycles. The van der Waals surface area contributed by atoms with E-state index < -0.39 is 0 Å². The predicted molar refractivity (Wildman–Crippen MR) is 76.1 cm³/mol. The van der Waals surface area contributed by atoms with E-state index in [9.17, 15) is 0 Å². The van der Waals surface area contributed by atoms with Gasteiger partial charge in [0.2, 0.25) is 4.96 Å². The Morgan fingerprint density at radius 2 is 2.05 bits per heavy atom. The van der Waals surface area contributed by atoms with E-state index in [1.807, 2.05) is 41.8 Å². The standard InChI is InChI=1S/C13H15N5S/c1-9(14)7-8-11-17-18-12(15-16-13(18)19-11)10-5-3-2-4-6-10/h2-6,9H,7-8,14H2,1H3. The van der Waals surface area contributed by atoms with E-state index in [4.69, 9.17) is 5.73 Å². The molecule has 0 aliphatic heterocycles. The molecule has 0 spiro atoms. The summed E-state index contributed by atoms with van der Waals surface area (Å²) in [7, 11) is 0. The topological polar surface area (TPSA) is 69.1 Å². The Morgan fingerprint density at radius 3 is 2.79 bits per heavy atom. The van der Waals surface area contributed by atoms with Crippen molar-refractivity contribution in [2.75, 3.05) is 0 Å². The second kappa shape index (κ2) is 5.07. The van der Waals surface area contributed by atoms with Crippen LogP contribution in [0, 0.1) is 0 Å². The van der Waals surface area contributed by atoms with Gasteiger partial charge in [-0.15, -0.1) is 10.2 Å². The van der Waals surface area contributed by atoms with E-state index in [2.05, 4.69) is 15.3 Å². The van der Waals surface area contributed by atoms with Gasteiger partial charge in [-0.05, 0) is 13.3 Å². The van der Waals surface area contributed by atoms with Crippen LogP contribution in [0.25, 0.3) is 16.3 Å². The van der Waals surface area contributed by atoms with E-state index >= 15 is 0 Å². The van der Waals surface area contributed by atoms with Crippen molar-refractivity contribution in [2.24, 2.45) is 5.73 Å². The summed E-state index contributed by atoms with van der Waals surface area (Å²) in [6, 6.07) is 10.2. The number of aryl methyl sites for hydroxylation is 1. The first-order valence-electron chi connectivity index (χ1n) is 6.26. The summed E-state index contributed by atoms with van der Waals surface area (Å²) >= 11 is 1.58. The van der Waals surface area contributed by atoms with Gasteiger partial charge in [0.1, 0.15) is 5.01 Å². The Bertz CT molecular complexity index is 671. The zero-order valence-electron chi connectivity index (χ0n) is 10.7. The molecule has 1 atom stereocenters. The Balaban J connectivity index is 1.94. The third-order valence-corrected chi connectivity index (χ3v) is 3.84. The normalized spacial score (nSPS) is 12.9. The number of benzene rings is 1. The van der Waals surface area contributed by atoms with Gasteiger partial charge in [-0.3, -0.25) is 0 Å². The second-order valence-corrected chi connectivity index (χ2v) is 5.64. The molecule has 0 aliphatic carbocycles. The molecule has 0 saturated heterocycles. The van der Waals surface area contributed by atoms with E-state index in [1.165, 1.54) is 0 Å². The quantitative estimate of drug-likeness (QED) is 0.790. The molecular weight excluding hydrogens is 258 g/mol. The molecule has 0 radical (unpaired) electrons. The van der Waals surface area contributed by atoms with E-state index in [0.717, 1.165) is 34.2 Å². The summed E-state index contributed by atoms with van der Waals surface area (Å²) in [5.41, 5.74) is 6.80. The predicted octanol–water partition coefficient (Wildman–Crippen LogP) is 2.13. The van der Waals surface area contributed by atoms with Crippen LogP contribution in [0.15, 0.2) is 30.3 Å². The number of hydrogen-bond donors (Lipinski definition) is 1. The molecular formula is C13H15N5S. The molecule has 1 unspecified atom stereocenters. The zero-order valence-corrected chi connectivity index (χ0v) is 11.5. The molecule has 3 aromatic rings. The molecule has 0 saturated carbocycles. The Hall–Kier alpha value is -1.79. The van der Waals surface area contributed by atoms with Gasteiger partial charge in [-0.25, -0.2) is 0 Å². The fraction of sp³-hybridized carbons (Fsp3) is 0.308. The highest BCUT2D eigenvalue weighted by Crippen LogP contribution is 2.21. The van der Waals surface area contributed by atoms with Crippen molar-refractivity contribution in [1.82, 2.24) is 19.8 Å². The maximum Gasteiger partial charge on any atom is 0.234 e. The fourth-order valence-corrected chi connectivity index (χ4v) is 2.72. The van der Waals surface area contributed by atoms with Crippen LogP contribution in [0.1, 0.15) is 18.4 Å². The first-order valence-corrected chi connectivity index (χ1v) is 7.08. The fourth-order valence-electron chi connectivity index (χ4n) is 1.88. The highest BCUT2D eigenvalue weighted by molar-refractivity contribution is 7.16. The summed E-state index contributed by atoms with van der Waals surface area (Å²) < 4.78 is 1.82. The van der Waals surface area contributed by atoms with Crippen LogP contribution in [0.4, 0.5) is 0 Å². The Kier molecular flexibility index (Phi) is 3.27. The highest BCUT2D eigenvalue weighted by atomic mass is 32.1. The van der Waals surface area contributed by atoms with Gasteiger partial charge in [0, 0.05) is 18.0 Å². The third kappa shape index (κ3) is 2.50. The average Bonchev–Trinajstić information content (AvgIpc) is 2.96. The number of fused-ring (bicyclic) bond motifs is 1. The van der Waals surface area contributed by atoms with Gasteiger partial charge >= 0.3 is 0 Å². The molecule has 1 aromatic carbocycles. The van der Waals surface area contributed by atoms with Crippen LogP contribution in [0.3, 0.4) is 0 Å². The van der Waals surface area contributed by atoms with Gasteiger partial charge in [-0.2, -0.15) is 9.61 Å². The van der Waals surface area contributed by atoms with Crippen molar-refractivity contribution < 1.29 is 0 Å². The van der Waals surface area contributed by atoms with Crippen LogP contribution in [-0.2, 0) is 6.42 Å². The number of nitrogens with zero attached hydrogens (tertiary/aromatic N) is 4. The van der Waals surface area contributed by atoms with Crippen molar-refractivity contribution in [3.63, 3.8) is 0 Å². The molecule has 0 fully saturated rings. The SMILES string of the molecule is CC(N)CCc1nn2c(-c3ccccc3)nnc2s1. The number of aromatic nitrogens is 4. The monoisotopic (exact) mass is 273 g/mol. The molecule has 0 aliphatic rings. The Morgan fingerprint density at radius 1 is 1.26 bits per heavy atom. The lowest BCUT2D eigenvalue weighted by atomic mass is 10.2. The molecule has 19 heavy (non-hydrogen) atoms. The van der Waals surface area contributed by atoms with Crippen LogP contribution in [-0.4, -0.2) is 25.9 Å². The molecule has 3 rings (SSSR count).